The van der Waals surface area contributed by atoms with Crippen LogP contribution in [0.1, 0.15) is 44.1 Å². The minimum atomic E-state index is -0.579. The molecule has 0 spiro atoms. The Labute approximate surface area is 196 Å². The van der Waals surface area contributed by atoms with E-state index in [1.807, 2.05) is 30.3 Å². The van der Waals surface area contributed by atoms with Crippen LogP contribution in [0.3, 0.4) is 0 Å². The number of amides is 2. The van der Waals surface area contributed by atoms with Gasteiger partial charge in [0, 0.05) is 19.4 Å². The van der Waals surface area contributed by atoms with Crippen LogP contribution in [0, 0.1) is 5.92 Å². The van der Waals surface area contributed by atoms with Gasteiger partial charge >= 0.3 is 5.97 Å². The van der Waals surface area contributed by atoms with Gasteiger partial charge in [-0.3, -0.25) is 14.4 Å². The van der Waals surface area contributed by atoms with Crippen LogP contribution >= 0.6 is 0 Å². The van der Waals surface area contributed by atoms with Crippen LogP contribution in [0.2, 0.25) is 0 Å². The molecule has 1 aliphatic heterocycles. The molecule has 2 rings (SSSR count). The molecule has 1 aromatic carbocycles. The average Bonchev–Trinajstić information content (AvgIpc) is 3.30. The summed E-state index contributed by atoms with van der Waals surface area (Å²) in [5.41, 5.74) is 1.00. The first-order valence-electron chi connectivity index (χ1n) is 11.6. The van der Waals surface area contributed by atoms with Crippen LogP contribution in [-0.4, -0.2) is 59.6 Å². The second-order valence-corrected chi connectivity index (χ2v) is 8.40. The molecule has 2 amide bonds. The molecular weight excluding hydrogens is 420 g/mol. The Bertz CT molecular complexity index is 795. The van der Waals surface area contributed by atoms with Gasteiger partial charge < -0.3 is 20.1 Å². The fraction of sp³-hybridized carbons (Fsp3) is 0.500. The summed E-state index contributed by atoms with van der Waals surface area (Å²) >= 11 is 0. The van der Waals surface area contributed by atoms with Crippen LogP contribution in [-0.2, 0) is 25.5 Å². The van der Waals surface area contributed by atoms with Crippen molar-refractivity contribution in [2.24, 2.45) is 5.92 Å². The Kier molecular flexibility index (Phi) is 11.4. The third-order valence-corrected chi connectivity index (χ3v) is 5.82. The van der Waals surface area contributed by atoms with E-state index >= 15 is 0 Å². The van der Waals surface area contributed by atoms with Crippen molar-refractivity contribution in [3.63, 3.8) is 0 Å². The molecule has 33 heavy (non-hydrogen) atoms. The Balaban J connectivity index is 2.04. The molecule has 1 aliphatic rings. The third kappa shape index (κ3) is 8.85. The molecule has 0 unspecified atom stereocenters. The highest BCUT2D eigenvalue weighted by Gasteiger charge is 2.31. The van der Waals surface area contributed by atoms with Crippen molar-refractivity contribution >= 4 is 17.8 Å². The SMILES string of the molecule is C=CCCC(=O)OC[C@@H](Cc1ccccc1)NC(=O)[C@H](CC=C)CC(=O)N1CCC[C@H]1CO. The largest absolute Gasteiger partial charge is 0.463 e. The second-order valence-electron chi connectivity index (χ2n) is 8.40. The topological polar surface area (TPSA) is 95.9 Å². The Morgan fingerprint density at radius 3 is 2.64 bits per heavy atom. The van der Waals surface area contributed by atoms with Crippen molar-refractivity contribution in [3.05, 3.63) is 61.2 Å². The summed E-state index contributed by atoms with van der Waals surface area (Å²) in [5, 5.41) is 12.5. The van der Waals surface area contributed by atoms with Crippen molar-refractivity contribution in [3.8, 4) is 0 Å². The lowest BCUT2D eigenvalue weighted by Gasteiger charge is -2.26. The van der Waals surface area contributed by atoms with Crippen LogP contribution in [0.4, 0.5) is 0 Å². The van der Waals surface area contributed by atoms with Crippen molar-refractivity contribution in [1.29, 1.82) is 0 Å². The normalized spacial score (nSPS) is 17.1. The van der Waals surface area contributed by atoms with Gasteiger partial charge in [0.1, 0.15) is 6.61 Å². The molecule has 7 nitrogen and oxygen atoms in total. The van der Waals surface area contributed by atoms with Gasteiger partial charge in [0.25, 0.3) is 0 Å². The summed E-state index contributed by atoms with van der Waals surface area (Å²) in [7, 11) is 0. The van der Waals surface area contributed by atoms with Crippen LogP contribution in [0.25, 0.3) is 0 Å². The molecule has 0 aliphatic carbocycles. The van der Waals surface area contributed by atoms with Gasteiger partial charge in [-0.05, 0) is 37.7 Å². The molecule has 0 radical (unpaired) electrons. The summed E-state index contributed by atoms with van der Waals surface area (Å²) in [6.45, 7) is 7.91. The van der Waals surface area contributed by atoms with Crippen LogP contribution in [0.5, 0.6) is 0 Å². The van der Waals surface area contributed by atoms with Gasteiger partial charge in [0.15, 0.2) is 0 Å². The summed E-state index contributed by atoms with van der Waals surface area (Å²) in [6.07, 6.45) is 6.58. The highest BCUT2D eigenvalue weighted by Crippen LogP contribution is 2.21. The number of carbonyl (C=O) groups excluding carboxylic acids is 3. The molecule has 1 saturated heterocycles. The van der Waals surface area contributed by atoms with E-state index in [0.29, 0.717) is 25.8 Å². The van der Waals surface area contributed by atoms with Gasteiger partial charge in [-0.2, -0.15) is 0 Å². The Morgan fingerprint density at radius 1 is 1.21 bits per heavy atom. The van der Waals surface area contributed by atoms with E-state index in [2.05, 4.69) is 18.5 Å². The van der Waals surface area contributed by atoms with Gasteiger partial charge in [-0.1, -0.05) is 42.5 Å². The molecular formula is C26H36N2O5. The number of nitrogens with one attached hydrogen (secondary N) is 1. The lowest BCUT2D eigenvalue weighted by molar-refractivity contribution is -0.145. The summed E-state index contributed by atoms with van der Waals surface area (Å²) in [6, 6.07) is 9.04. The zero-order valence-electron chi connectivity index (χ0n) is 19.3. The molecule has 1 fully saturated rings. The number of carbonyl (C=O) groups is 3. The fourth-order valence-corrected chi connectivity index (χ4v) is 4.02. The predicted molar refractivity (Wildman–Crippen MR) is 127 cm³/mol. The third-order valence-electron chi connectivity index (χ3n) is 5.82. The molecule has 0 bridgehead atoms. The number of nitrogens with zero attached hydrogens (tertiary/aromatic N) is 1. The van der Waals surface area contributed by atoms with Crippen LogP contribution < -0.4 is 5.32 Å². The molecule has 0 saturated carbocycles. The number of benzene rings is 1. The molecule has 180 valence electrons. The van der Waals surface area contributed by atoms with E-state index in [0.717, 1.165) is 18.4 Å². The zero-order valence-corrected chi connectivity index (χ0v) is 19.3. The number of hydrogen-bond donors (Lipinski definition) is 2. The molecule has 2 N–H and O–H groups in total. The number of esters is 1. The quantitative estimate of drug-likeness (QED) is 0.332. The molecule has 7 heteroatoms. The Hall–Kier alpha value is -2.93. The van der Waals surface area contributed by atoms with E-state index in [1.165, 1.54) is 0 Å². The minimum Gasteiger partial charge on any atom is -0.463 e. The predicted octanol–water partition coefficient (Wildman–Crippen LogP) is 2.79. The first-order valence-corrected chi connectivity index (χ1v) is 11.6. The number of rotatable bonds is 14. The Morgan fingerprint density at radius 2 is 1.97 bits per heavy atom. The maximum Gasteiger partial charge on any atom is 0.306 e. The second kappa shape index (κ2) is 14.3. The maximum atomic E-state index is 13.1. The number of aliphatic hydroxyl groups excluding tert-OH is 1. The standard InChI is InChI=1S/C26H36N2O5/c1-3-5-14-25(31)33-19-22(16-20-11-7-6-8-12-20)27-26(32)21(10-4-2)17-24(30)28-15-9-13-23(28)18-29/h3-4,6-8,11-12,21-23,29H,1-2,5,9-10,13-19H2,(H,27,32)/t21-,22-,23+/m1/s1. The first-order chi connectivity index (χ1) is 16.0. The lowest BCUT2D eigenvalue weighted by Crippen LogP contribution is -2.45. The molecule has 1 aromatic rings. The highest BCUT2D eigenvalue weighted by molar-refractivity contribution is 5.86. The summed E-state index contributed by atoms with van der Waals surface area (Å²) < 4.78 is 5.39. The summed E-state index contributed by atoms with van der Waals surface area (Å²) in [5.74, 6) is -1.33. The number of ether oxygens (including phenoxy) is 1. The monoisotopic (exact) mass is 456 g/mol. The number of likely N-dealkylation sites (tertiary alicyclic amines) is 1. The fourth-order valence-electron chi connectivity index (χ4n) is 4.02. The number of hydrogen-bond acceptors (Lipinski definition) is 5. The van der Waals surface area contributed by atoms with E-state index in [1.54, 1.807) is 17.1 Å². The maximum absolute atomic E-state index is 13.1. The number of aliphatic hydroxyl groups is 1. The summed E-state index contributed by atoms with van der Waals surface area (Å²) in [4.78, 5) is 39.6. The van der Waals surface area contributed by atoms with Gasteiger partial charge in [0.2, 0.25) is 11.8 Å². The average molecular weight is 457 g/mol. The van der Waals surface area contributed by atoms with Crippen molar-refractivity contribution < 1.29 is 24.2 Å². The number of allylic oxidation sites excluding steroid dienone is 2. The smallest absolute Gasteiger partial charge is 0.306 e. The molecule has 1 heterocycles. The van der Waals surface area contributed by atoms with E-state index < -0.39 is 12.0 Å². The minimum absolute atomic E-state index is 0.0457. The van der Waals surface area contributed by atoms with Crippen molar-refractivity contribution in [1.82, 2.24) is 10.2 Å². The van der Waals surface area contributed by atoms with E-state index in [4.69, 9.17) is 4.74 Å². The van der Waals surface area contributed by atoms with Crippen molar-refractivity contribution in [2.75, 3.05) is 19.8 Å². The van der Waals surface area contributed by atoms with E-state index in [9.17, 15) is 19.5 Å². The van der Waals surface area contributed by atoms with Gasteiger partial charge in [-0.15, -0.1) is 13.2 Å². The molecule has 3 atom stereocenters. The molecule has 0 aromatic heterocycles. The van der Waals surface area contributed by atoms with Crippen LogP contribution in [0.15, 0.2) is 55.6 Å². The van der Waals surface area contributed by atoms with E-state index in [-0.39, 0.29) is 49.9 Å². The zero-order chi connectivity index (χ0) is 24.1. The highest BCUT2D eigenvalue weighted by atomic mass is 16.5. The van der Waals surface area contributed by atoms with Gasteiger partial charge in [-0.25, -0.2) is 0 Å². The lowest BCUT2D eigenvalue weighted by atomic mass is 9.98. The van der Waals surface area contributed by atoms with Crippen molar-refractivity contribution in [2.45, 2.75) is 57.0 Å². The van der Waals surface area contributed by atoms with Gasteiger partial charge in [0.05, 0.1) is 24.6 Å². The first kappa shape index (κ1) is 26.3.